The molecule has 0 radical (unpaired) electrons. The fourth-order valence-electron chi connectivity index (χ4n) is 2.30. The van der Waals surface area contributed by atoms with E-state index in [-0.39, 0.29) is 11.9 Å². The number of piperidine rings is 1. The fourth-order valence-corrected chi connectivity index (χ4v) is 2.50. The first-order valence-corrected chi connectivity index (χ1v) is 6.73. The Bertz CT molecular complexity index is 467. The molecule has 19 heavy (non-hydrogen) atoms. The quantitative estimate of drug-likeness (QED) is 0.874. The van der Waals surface area contributed by atoms with Gasteiger partial charge in [-0.15, -0.1) is 0 Å². The molecule has 1 fully saturated rings. The molecule has 0 aromatic carbocycles. The van der Waals surface area contributed by atoms with Crippen LogP contribution < -0.4 is 15.5 Å². The standard InChI is InChI=1S/C12H18ClN5O/c1-14-11(19)9-5-3-4-6-18(9)10-8(13)7-16-12(15-2)17-10/h7,9H,3-6H2,1-2H3,(H,14,19)(H,15,16,17). The molecular formula is C12H18ClN5O. The summed E-state index contributed by atoms with van der Waals surface area (Å²) < 4.78 is 0. The van der Waals surface area contributed by atoms with Crippen LogP contribution in [-0.2, 0) is 4.79 Å². The van der Waals surface area contributed by atoms with Crippen molar-refractivity contribution in [1.82, 2.24) is 15.3 Å². The summed E-state index contributed by atoms with van der Waals surface area (Å²) in [6.07, 6.45) is 4.44. The molecule has 1 saturated heterocycles. The van der Waals surface area contributed by atoms with E-state index in [0.717, 1.165) is 25.8 Å². The average Bonchev–Trinajstić information content (AvgIpc) is 2.47. The summed E-state index contributed by atoms with van der Waals surface area (Å²) in [5, 5.41) is 6.05. The summed E-state index contributed by atoms with van der Waals surface area (Å²) >= 11 is 6.17. The van der Waals surface area contributed by atoms with Crippen molar-refractivity contribution in [2.24, 2.45) is 0 Å². The number of halogens is 1. The molecule has 6 nitrogen and oxygen atoms in total. The highest BCUT2D eigenvalue weighted by atomic mass is 35.5. The second-order valence-corrected chi connectivity index (χ2v) is 4.84. The lowest BCUT2D eigenvalue weighted by Gasteiger charge is -2.35. The van der Waals surface area contributed by atoms with Gasteiger partial charge in [-0.1, -0.05) is 11.6 Å². The van der Waals surface area contributed by atoms with Crippen molar-refractivity contribution in [3.05, 3.63) is 11.2 Å². The van der Waals surface area contributed by atoms with E-state index in [4.69, 9.17) is 11.6 Å². The summed E-state index contributed by atoms with van der Waals surface area (Å²) in [5.74, 6) is 1.12. The molecule has 1 aliphatic heterocycles. The van der Waals surface area contributed by atoms with Gasteiger partial charge in [0.15, 0.2) is 5.82 Å². The van der Waals surface area contributed by atoms with Crippen molar-refractivity contribution in [3.63, 3.8) is 0 Å². The zero-order chi connectivity index (χ0) is 13.8. The van der Waals surface area contributed by atoms with Gasteiger partial charge in [-0.05, 0) is 19.3 Å². The molecule has 2 heterocycles. The molecule has 2 rings (SSSR count). The highest BCUT2D eigenvalue weighted by molar-refractivity contribution is 6.32. The third-order valence-corrected chi connectivity index (χ3v) is 3.54. The number of hydrogen-bond acceptors (Lipinski definition) is 5. The van der Waals surface area contributed by atoms with Crippen LogP contribution in [0.4, 0.5) is 11.8 Å². The van der Waals surface area contributed by atoms with E-state index in [1.807, 2.05) is 4.90 Å². The predicted octanol–water partition coefficient (Wildman–Crippen LogP) is 1.28. The second-order valence-electron chi connectivity index (χ2n) is 4.43. The SMILES string of the molecule is CNC(=O)C1CCCCN1c1nc(NC)ncc1Cl. The van der Waals surface area contributed by atoms with Crippen LogP contribution in [0.2, 0.25) is 5.02 Å². The highest BCUT2D eigenvalue weighted by Gasteiger charge is 2.30. The zero-order valence-electron chi connectivity index (χ0n) is 11.1. The predicted molar refractivity (Wildman–Crippen MR) is 75.6 cm³/mol. The van der Waals surface area contributed by atoms with Crippen LogP contribution in [0.3, 0.4) is 0 Å². The molecule has 1 aliphatic rings. The molecule has 0 aliphatic carbocycles. The van der Waals surface area contributed by atoms with Crippen LogP contribution in [0.5, 0.6) is 0 Å². The van der Waals surface area contributed by atoms with E-state index in [0.29, 0.717) is 16.8 Å². The lowest BCUT2D eigenvalue weighted by Crippen LogP contribution is -2.49. The molecule has 1 aromatic heterocycles. The van der Waals surface area contributed by atoms with Crippen molar-refractivity contribution in [3.8, 4) is 0 Å². The first kappa shape index (κ1) is 13.9. The molecule has 1 unspecified atom stereocenters. The van der Waals surface area contributed by atoms with Crippen molar-refractivity contribution >= 4 is 29.3 Å². The van der Waals surface area contributed by atoms with Gasteiger partial charge in [0.1, 0.15) is 11.1 Å². The number of carbonyl (C=O) groups excluding carboxylic acids is 1. The van der Waals surface area contributed by atoms with Gasteiger partial charge < -0.3 is 15.5 Å². The number of aromatic nitrogens is 2. The number of likely N-dealkylation sites (N-methyl/N-ethyl adjacent to an activating group) is 1. The molecule has 1 atom stereocenters. The van der Waals surface area contributed by atoms with E-state index in [1.54, 1.807) is 20.3 Å². The van der Waals surface area contributed by atoms with Crippen LogP contribution >= 0.6 is 11.6 Å². The smallest absolute Gasteiger partial charge is 0.242 e. The number of anilines is 2. The fraction of sp³-hybridized carbons (Fsp3) is 0.583. The maximum absolute atomic E-state index is 12.0. The van der Waals surface area contributed by atoms with E-state index in [1.165, 1.54) is 0 Å². The van der Waals surface area contributed by atoms with Gasteiger partial charge in [0, 0.05) is 20.6 Å². The number of nitrogens with zero attached hydrogens (tertiary/aromatic N) is 3. The summed E-state index contributed by atoms with van der Waals surface area (Å²) in [4.78, 5) is 22.4. The van der Waals surface area contributed by atoms with Gasteiger partial charge in [0.25, 0.3) is 0 Å². The minimum atomic E-state index is -0.212. The molecule has 0 saturated carbocycles. The topological polar surface area (TPSA) is 70.2 Å². The second kappa shape index (κ2) is 6.06. The number of rotatable bonds is 3. The third kappa shape index (κ3) is 2.89. The van der Waals surface area contributed by atoms with E-state index < -0.39 is 0 Å². The molecule has 2 N–H and O–H groups in total. The number of hydrogen-bond donors (Lipinski definition) is 2. The maximum atomic E-state index is 12.0. The molecule has 0 bridgehead atoms. The maximum Gasteiger partial charge on any atom is 0.242 e. The normalized spacial score (nSPS) is 19.1. The third-order valence-electron chi connectivity index (χ3n) is 3.27. The summed E-state index contributed by atoms with van der Waals surface area (Å²) in [5.41, 5.74) is 0. The Hall–Kier alpha value is -1.56. The lowest BCUT2D eigenvalue weighted by molar-refractivity contribution is -0.122. The summed E-state index contributed by atoms with van der Waals surface area (Å²) in [6.45, 7) is 0.776. The van der Waals surface area contributed by atoms with Crippen molar-refractivity contribution < 1.29 is 4.79 Å². The van der Waals surface area contributed by atoms with Gasteiger partial charge in [-0.25, -0.2) is 4.98 Å². The largest absolute Gasteiger partial charge is 0.357 e. The van der Waals surface area contributed by atoms with Crippen molar-refractivity contribution in [2.45, 2.75) is 25.3 Å². The van der Waals surface area contributed by atoms with Gasteiger partial charge >= 0.3 is 0 Å². The molecule has 1 aromatic rings. The van der Waals surface area contributed by atoms with E-state index in [9.17, 15) is 4.79 Å². The highest BCUT2D eigenvalue weighted by Crippen LogP contribution is 2.29. The Morgan fingerprint density at radius 1 is 1.47 bits per heavy atom. The zero-order valence-corrected chi connectivity index (χ0v) is 11.9. The minimum Gasteiger partial charge on any atom is -0.357 e. The monoisotopic (exact) mass is 283 g/mol. The number of amides is 1. The average molecular weight is 284 g/mol. The van der Waals surface area contributed by atoms with Crippen LogP contribution in [0.15, 0.2) is 6.20 Å². The first-order valence-electron chi connectivity index (χ1n) is 6.36. The van der Waals surface area contributed by atoms with Crippen LogP contribution in [0.1, 0.15) is 19.3 Å². The number of nitrogens with one attached hydrogen (secondary N) is 2. The lowest BCUT2D eigenvalue weighted by atomic mass is 10.0. The molecule has 1 amide bonds. The van der Waals surface area contributed by atoms with Crippen molar-refractivity contribution in [1.29, 1.82) is 0 Å². The van der Waals surface area contributed by atoms with Gasteiger partial charge in [-0.2, -0.15) is 4.98 Å². The molecule has 7 heteroatoms. The molecule has 0 spiro atoms. The van der Waals surface area contributed by atoms with Gasteiger partial charge in [0.05, 0.1) is 6.20 Å². The van der Waals surface area contributed by atoms with Crippen LogP contribution in [0, 0.1) is 0 Å². The Morgan fingerprint density at radius 3 is 2.95 bits per heavy atom. The minimum absolute atomic E-state index is 0.000358. The first-order chi connectivity index (χ1) is 9.17. The van der Waals surface area contributed by atoms with Crippen molar-refractivity contribution in [2.75, 3.05) is 30.9 Å². The summed E-state index contributed by atoms with van der Waals surface area (Å²) in [6, 6.07) is -0.212. The van der Waals surface area contributed by atoms with E-state index >= 15 is 0 Å². The number of carbonyl (C=O) groups is 1. The summed E-state index contributed by atoms with van der Waals surface area (Å²) in [7, 11) is 3.40. The Morgan fingerprint density at radius 2 is 2.26 bits per heavy atom. The Kier molecular flexibility index (Phi) is 4.42. The Balaban J connectivity index is 2.34. The van der Waals surface area contributed by atoms with E-state index in [2.05, 4.69) is 20.6 Å². The Labute approximate surface area is 117 Å². The van der Waals surface area contributed by atoms with Gasteiger partial charge in [0.2, 0.25) is 11.9 Å². The van der Waals surface area contributed by atoms with Crippen LogP contribution in [0.25, 0.3) is 0 Å². The van der Waals surface area contributed by atoms with Crippen LogP contribution in [-0.4, -0.2) is 42.6 Å². The molecular weight excluding hydrogens is 266 g/mol. The molecule has 104 valence electrons. The van der Waals surface area contributed by atoms with Gasteiger partial charge in [-0.3, -0.25) is 4.79 Å².